The van der Waals surface area contributed by atoms with E-state index < -0.39 is 10.0 Å². The van der Waals surface area contributed by atoms with E-state index in [1.54, 1.807) is 31.2 Å². The van der Waals surface area contributed by atoms with Gasteiger partial charge in [-0.05, 0) is 62.6 Å². The minimum Gasteiger partial charge on any atom is -0.343 e. The van der Waals surface area contributed by atoms with Gasteiger partial charge in [-0.25, -0.2) is 13.4 Å². The van der Waals surface area contributed by atoms with Gasteiger partial charge >= 0.3 is 0 Å². The lowest BCUT2D eigenvalue weighted by molar-refractivity contribution is 0.0934. The van der Waals surface area contributed by atoms with Crippen LogP contribution >= 0.6 is 11.3 Å². The number of carbonyl (C=O) groups is 1. The Balaban J connectivity index is 1.86. The lowest BCUT2D eigenvalue weighted by atomic mass is 10.1. The molecule has 158 valence electrons. The Bertz CT molecular complexity index is 1170. The second-order valence-electron chi connectivity index (χ2n) is 7.21. The largest absolute Gasteiger partial charge is 0.343 e. The van der Waals surface area contributed by atoms with Gasteiger partial charge in [0.2, 0.25) is 0 Å². The number of benzene rings is 2. The lowest BCUT2D eigenvalue weighted by Gasteiger charge is -2.16. The maximum atomic E-state index is 12.9. The maximum absolute atomic E-state index is 12.9. The molecule has 0 saturated carbocycles. The zero-order valence-electron chi connectivity index (χ0n) is 17.4. The topological polar surface area (TPSA) is 88.2 Å². The van der Waals surface area contributed by atoms with Gasteiger partial charge < -0.3 is 5.32 Å². The third kappa shape index (κ3) is 5.06. The number of thiazole rings is 1. The van der Waals surface area contributed by atoms with Crippen molar-refractivity contribution >= 4 is 33.0 Å². The molecule has 3 aromatic rings. The van der Waals surface area contributed by atoms with Gasteiger partial charge in [-0.1, -0.05) is 25.1 Å². The van der Waals surface area contributed by atoms with E-state index >= 15 is 0 Å². The normalized spacial score (nSPS) is 12.4. The molecule has 30 heavy (non-hydrogen) atoms. The number of hydrogen-bond acceptors (Lipinski definition) is 5. The fourth-order valence-electron chi connectivity index (χ4n) is 3.04. The summed E-state index contributed by atoms with van der Waals surface area (Å²) in [7, 11) is -3.83. The highest BCUT2D eigenvalue weighted by Crippen LogP contribution is 2.23. The Labute approximate surface area is 181 Å². The van der Waals surface area contributed by atoms with Crippen molar-refractivity contribution in [1.82, 2.24) is 10.3 Å². The Hall–Kier alpha value is -2.71. The van der Waals surface area contributed by atoms with Crippen molar-refractivity contribution in [2.24, 2.45) is 0 Å². The van der Waals surface area contributed by atoms with Crippen molar-refractivity contribution in [2.45, 2.75) is 45.1 Å². The Morgan fingerprint density at radius 2 is 1.90 bits per heavy atom. The Morgan fingerprint density at radius 3 is 2.53 bits per heavy atom. The van der Waals surface area contributed by atoms with Crippen LogP contribution in [0.2, 0.25) is 0 Å². The SMILES string of the molecule is CCC(NC(=O)c1cc(S(=O)(=O)Nc2cccc(C)c2)ccc1C)c1nc(C)cs1. The Morgan fingerprint density at radius 1 is 1.13 bits per heavy atom. The predicted molar refractivity (Wildman–Crippen MR) is 121 cm³/mol. The summed E-state index contributed by atoms with van der Waals surface area (Å²) >= 11 is 1.50. The summed E-state index contributed by atoms with van der Waals surface area (Å²) in [5.74, 6) is -0.320. The molecule has 1 heterocycles. The first-order valence-corrected chi connectivity index (χ1v) is 12.0. The van der Waals surface area contributed by atoms with Crippen molar-refractivity contribution in [3.8, 4) is 0 Å². The summed E-state index contributed by atoms with van der Waals surface area (Å²) in [6.45, 7) is 7.56. The first-order chi connectivity index (χ1) is 14.2. The van der Waals surface area contributed by atoms with Gasteiger partial charge in [-0.3, -0.25) is 9.52 Å². The van der Waals surface area contributed by atoms with Crippen molar-refractivity contribution < 1.29 is 13.2 Å². The van der Waals surface area contributed by atoms with Gasteiger partial charge in [0.25, 0.3) is 15.9 Å². The summed E-state index contributed by atoms with van der Waals surface area (Å²) < 4.78 is 28.3. The standard InChI is InChI=1S/C22H25N3O3S2/c1-5-20(22-23-16(4)13-29-22)24-21(26)19-12-18(10-9-15(19)3)30(27,28)25-17-8-6-7-14(2)11-17/h6-13,20,25H,5H2,1-4H3,(H,24,26). The van der Waals surface area contributed by atoms with Crippen LogP contribution in [-0.4, -0.2) is 19.3 Å². The number of nitrogens with zero attached hydrogens (tertiary/aromatic N) is 1. The maximum Gasteiger partial charge on any atom is 0.261 e. The quantitative estimate of drug-likeness (QED) is 0.551. The van der Waals surface area contributed by atoms with Gasteiger partial charge in [0.15, 0.2) is 0 Å². The molecule has 0 radical (unpaired) electrons. The van der Waals surface area contributed by atoms with E-state index in [0.29, 0.717) is 23.2 Å². The molecule has 2 aromatic carbocycles. The fraction of sp³-hybridized carbons (Fsp3) is 0.273. The van der Waals surface area contributed by atoms with E-state index in [-0.39, 0.29) is 16.8 Å². The molecule has 1 amide bonds. The number of amides is 1. The minimum absolute atomic E-state index is 0.0397. The average molecular weight is 444 g/mol. The van der Waals surface area contributed by atoms with E-state index in [1.165, 1.54) is 23.5 Å². The first-order valence-electron chi connectivity index (χ1n) is 9.62. The van der Waals surface area contributed by atoms with Gasteiger partial charge in [-0.2, -0.15) is 0 Å². The zero-order chi connectivity index (χ0) is 21.9. The third-order valence-electron chi connectivity index (χ3n) is 4.68. The molecule has 0 bridgehead atoms. The fourth-order valence-corrected chi connectivity index (χ4v) is 5.05. The number of nitrogens with one attached hydrogen (secondary N) is 2. The zero-order valence-corrected chi connectivity index (χ0v) is 19.0. The van der Waals surface area contributed by atoms with E-state index in [4.69, 9.17) is 0 Å². The van der Waals surface area contributed by atoms with E-state index in [0.717, 1.165) is 16.3 Å². The van der Waals surface area contributed by atoms with Crippen LogP contribution in [0.1, 0.15) is 51.6 Å². The summed E-state index contributed by atoms with van der Waals surface area (Å²) in [5, 5.41) is 5.77. The number of sulfonamides is 1. The third-order valence-corrected chi connectivity index (χ3v) is 7.14. The van der Waals surface area contributed by atoms with Gasteiger partial charge in [0.1, 0.15) is 5.01 Å². The van der Waals surface area contributed by atoms with Crippen LogP contribution in [-0.2, 0) is 10.0 Å². The van der Waals surface area contributed by atoms with E-state index in [9.17, 15) is 13.2 Å². The number of rotatable bonds is 7. The van der Waals surface area contributed by atoms with Crippen LogP contribution in [0, 0.1) is 20.8 Å². The van der Waals surface area contributed by atoms with E-state index in [2.05, 4.69) is 15.0 Å². The molecule has 0 spiro atoms. The van der Waals surface area contributed by atoms with Crippen molar-refractivity contribution in [3.63, 3.8) is 0 Å². The second-order valence-corrected chi connectivity index (χ2v) is 9.79. The number of hydrogen-bond donors (Lipinski definition) is 2. The smallest absolute Gasteiger partial charge is 0.261 e. The van der Waals surface area contributed by atoms with Crippen LogP contribution in [0.15, 0.2) is 52.7 Å². The summed E-state index contributed by atoms with van der Waals surface area (Å²) in [4.78, 5) is 17.4. The van der Waals surface area contributed by atoms with Crippen LogP contribution in [0.5, 0.6) is 0 Å². The van der Waals surface area contributed by atoms with Crippen molar-refractivity contribution in [1.29, 1.82) is 0 Å². The molecule has 1 aromatic heterocycles. The minimum atomic E-state index is -3.83. The Kier molecular flexibility index (Phi) is 6.58. The van der Waals surface area contributed by atoms with Gasteiger partial charge in [0.05, 0.1) is 10.9 Å². The van der Waals surface area contributed by atoms with Crippen LogP contribution in [0.3, 0.4) is 0 Å². The monoisotopic (exact) mass is 443 g/mol. The highest BCUT2D eigenvalue weighted by Gasteiger charge is 2.21. The lowest BCUT2D eigenvalue weighted by Crippen LogP contribution is -2.29. The molecule has 2 N–H and O–H groups in total. The predicted octanol–water partition coefficient (Wildman–Crippen LogP) is 4.75. The number of aromatic nitrogens is 1. The molecule has 3 rings (SSSR count). The van der Waals surface area contributed by atoms with E-state index in [1.807, 2.05) is 32.2 Å². The summed E-state index contributed by atoms with van der Waals surface area (Å²) in [5.41, 5.74) is 3.36. The van der Waals surface area contributed by atoms with Crippen LogP contribution < -0.4 is 10.0 Å². The number of carbonyl (C=O) groups excluding carboxylic acids is 1. The molecule has 0 aliphatic rings. The van der Waals surface area contributed by atoms with Crippen LogP contribution in [0.25, 0.3) is 0 Å². The highest BCUT2D eigenvalue weighted by atomic mass is 32.2. The highest BCUT2D eigenvalue weighted by molar-refractivity contribution is 7.92. The van der Waals surface area contributed by atoms with Gasteiger partial charge in [0, 0.05) is 22.3 Å². The summed E-state index contributed by atoms with van der Waals surface area (Å²) in [6, 6.07) is 11.5. The van der Waals surface area contributed by atoms with Crippen molar-refractivity contribution in [2.75, 3.05) is 4.72 Å². The number of anilines is 1. The number of aryl methyl sites for hydroxylation is 3. The molecule has 0 aliphatic heterocycles. The average Bonchev–Trinajstić information content (AvgIpc) is 3.12. The molecule has 6 nitrogen and oxygen atoms in total. The molecule has 0 aliphatic carbocycles. The molecule has 1 atom stereocenters. The molecular weight excluding hydrogens is 418 g/mol. The molecule has 8 heteroatoms. The molecule has 0 fully saturated rings. The first kappa shape index (κ1) is 22.0. The summed E-state index contributed by atoms with van der Waals surface area (Å²) in [6.07, 6.45) is 0.685. The molecule has 0 saturated heterocycles. The van der Waals surface area contributed by atoms with Crippen molar-refractivity contribution in [3.05, 3.63) is 75.2 Å². The van der Waals surface area contributed by atoms with Gasteiger partial charge in [-0.15, -0.1) is 11.3 Å². The molecular formula is C22H25N3O3S2. The second kappa shape index (κ2) is 8.97. The molecule has 1 unspecified atom stereocenters. The van der Waals surface area contributed by atoms with Crippen LogP contribution in [0.4, 0.5) is 5.69 Å².